The van der Waals surface area contributed by atoms with Gasteiger partial charge in [-0.2, -0.15) is 0 Å². The highest BCUT2D eigenvalue weighted by molar-refractivity contribution is 5.90. The maximum Gasteiger partial charge on any atom is 0.246 e. The molecule has 0 fully saturated rings. The average Bonchev–Trinajstić information content (AvgIpc) is 2.59. The smallest absolute Gasteiger partial charge is 0.246 e. The Morgan fingerprint density at radius 1 is 1.54 bits per heavy atom. The number of carbonyl (C=O) groups excluding carboxylic acids is 1. The topological polar surface area (TPSA) is 83.6 Å². The lowest BCUT2D eigenvalue weighted by molar-refractivity contribution is -0.120. The van der Waals surface area contributed by atoms with Crippen molar-refractivity contribution in [1.82, 2.24) is 20.6 Å². The number of aromatic nitrogens is 4. The molecule has 0 unspecified atom stereocenters. The summed E-state index contributed by atoms with van der Waals surface area (Å²) >= 11 is 0. The molecular formula is C7H13N5O. The van der Waals surface area contributed by atoms with E-state index >= 15 is 0 Å². The number of nitrogens with zero attached hydrogens (tertiary/aromatic N) is 3. The minimum atomic E-state index is -0.0384. The van der Waals surface area contributed by atoms with Crippen molar-refractivity contribution >= 4 is 11.9 Å². The zero-order valence-corrected chi connectivity index (χ0v) is 7.74. The van der Waals surface area contributed by atoms with Gasteiger partial charge in [-0.05, 0) is 23.3 Å². The van der Waals surface area contributed by atoms with Gasteiger partial charge in [-0.15, -0.1) is 0 Å². The van der Waals surface area contributed by atoms with E-state index in [2.05, 4.69) is 25.9 Å². The van der Waals surface area contributed by atoms with Crippen LogP contribution in [0.4, 0.5) is 5.95 Å². The van der Waals surface area contributed by atoms with Gasteiger partial charge in [0.25, 0.3) is 0 Å². The molecule has 0 atom stereocenters. The first-order valence-electron chi connectivity index (χ1n) is 4.32. The van der Waals surface area contributed by atoms with Crippen LogP contribution in [0.25, 0.3) is 0 Å². The third-order valence-corrected chi connectivity index (χ3v) is 1.94. The number of hydrogen-bond donors (Lipinski definition) is 2. The van der Waals surface area contributed by atoms with Crippen LogP contribution in [0, 0.1) is 5.92 Å². The van der Waals surface area contributed by atoms with Gasteiger partial charge < -0.3 is 0 Å². The molecule has 1 rings (SSSR count). The number of H-pyrrole nitrogens is 1. The summed E-state index contributed by atoms with van der Waals surface area (Å²) in [7, 11) is 0. The maximum absolute atomic E-state index is 11.4. The largest absolute Gasteiger partial charge is 0.293 e. The van der Waals surface area contributed by atoms with Gasteiger partial charge in [-0.1, -0.05) is 18.9 Å². The second kappa shape index (κ2) is 4.54. The second-order valence-electron chi connectivity index (χ2n) is 2.75. The molecule has 72 valence electrons. The van der Waals surface area contributed by atoms with E-state index < -0.39 is 0 Å². The molecule has 0 aliphatic heterocycles. The average molecular weight is 183 g/mol. The van der Waals surface area contributed by atoms with E-state index in [0.717, 1.165) is 12.8 Å². The lowest BCUT2D eigenvalue weighted by Crippen LogP contribution is -2.22. The molecule has 13 heavy (non-hydrogen) atoms. The van der Waals surface area contributed by atoms with Crippen molar-refractivity contribution in [1.29, 1.82) is 0 Å². The molecule has 0 aliphatic rings. The van der Waals surface area contributed by atoms with Crippen molar-refractivity contribution in [3.8, 4) is 0 Å². The van der Waals surface area contributed by atoms with Crippen LogP contribution in [0.2, 0.25) is 0 Å². The molecule has 0 saturated heterocycles. The van der Waals surface area contributed by atoms with Gasteiger partial charge in [-0.3, -0.25) is 10.1 Å². The molecule has 2 N–H and O–H groups in total. The molecular weight excluding hydrogens is 170 g/mol. The lowest BCUT2D eigenvalue weighted by atomic mass is 10.0. The zero-order valence-electron chi connectivity index (χ0n) is 7.74. The number of carbonyl (C=O) groups is 1. The number of hydrogen-bond acceptors (Lipinski definition) is 4. The summed E-state index contributed by atoms with van der Waals surface area (Å²) in [6.45, 7) is 3.96. The summed E-state index contributed by atoms with van der Waals surface area (Å²) < 4.78 is 0. The fraction of sp³-hybridized carbons (Fsp3) is 0.714. The fourth-order valence-corrected chi connectivity index (χ4v) is 1.09. The molecule has 1 amide bonds. The fourth-order valence-electron chi connectivity index (χ4n) is 1.09. The quantitative estimate of drug-likeness (QED) is 0.715. The van der Waals surface area contributed by atoms with Crippen LogP contribution in [0.3, 0.4) is 0 Å². The monoisotopic (exact) mass is 183 g/mol. The second-order valence-corrected chi connectivity index (χ2v) is 2.75. The van der Waals surface area contributed by atoms with Gasteiger partial charge in [0.15, 0.2) is 0 Å². The predicted molar refractivity (Wildman–Crippen MR) is 46.9 cm³/mol. The van der Waals surface area contributed by atoms with Gasteiger partial charge in [0.2, 0.25) is 11.9 Å². The van der Waals surface area contributed by atoms with E-state index in [1.807, 2.05) is 13.8 Å². The van der Waals surface area contributed by atoms with Crippen molar-refractivity contribution in [2.75, 3.05) is 5.32 Å². The van der Waals surface area contributed by atoms with E-state index in [-0.39, 0.29) is 11.8 Å². The number of anilines is 1. The van der Waals surface area contributed by atoms with Gasteiger partial charge >= 0.3 is 0 Å². The lowest BCUT2D eigenvalue weighted by Gasteiger charge is -2.09. The van der Waals surface area contributed by atoms with Gasteiger partial charge in [0.1, 0.15) is 0 Å². The van der Waals surface area contributed by atoms with E-state index in [1.165, 1.54) is 0 Å². The Hall–Kier alpha value is -1.46. The summed E-state index contributed by atoms with van der Waals surface area (Å²) in [5, 5.41) is 15.3. The molecule has 6 nitrogen and oxygen atoms in total. The number of rotatable bonds is 4. The van der Waals surface area contributed by atoms with Crippen molar-refractivity contribution < 1.29 is 4.79 Å². The highest BCUT2D eigenvalue weighted by Gasteiger charge is 2.14. The predicted octanol–water partition coefficient (Wildman–Crippen LogP) is 0.574. The summed E-state index contributed by atoms with van der Waals surface area (Å²) in [6, 6.07) is 0. The summed E-state index contributed by atoms with van der Waals surface area (Å²) in [4.78, 5) is 11.4. The first-order chi connectivity index (χ1) is 6.27. The molecule has 0 bridgehead atoms. The van der Waals surface area contributed by atoms with Crippen LogP contribution >= 0.6 is 0 Å². The molecule has 1 aromatic rings. The number of tetrazole rings is 1. The summed E-state index contributed by atoms with van der Waals surface area (Å²) in [5.74, 6) is 0.297. The normalized spacial score (nSPS) is 10.4. The summed E-state index contributed by atoms with van der Waals surface area (Å²) in [5.41, 5.74) is 0. The highest BCUT2D eigenvalue weighted by Crippen LogP contribution is 2.09. The Morgan fingerprint density at radius 2 is 2.23 bits per heavy atom. The minimum absolute atomic E-state index is 0.0325. The molecule has 1 heterocycles. The third-order valence-electron chi connectivity index (χ3n) is 1.94. The maximum atomic E-state index is 11.4. The van der Waals surface area contributed by atoms with Crippen LogP contribution in [0.5, 0.6) is 0 Å². The van der Waals surface area contributed by atoms with Gasteiger partial charge in [-0.25, -0.2) is 5.10 Å². The van der Waals surface area contributed by atoms with Crippen LogP contribution in [-0.4, -0.2) is 26.5 Å². The Morgan fingerprint density at radius 3 is 2.69 bits per heavy atom. The van der Waals surface area contributed by atoms with Gasteiger partial charge in [0.05, 0.1) is 0 Å². The SMILES string of the molecule is CCC(CC)C(=O)Nc1nnn[nH]1. The molecule has 0 aliphatic carbocycles. The molecule has 0 aromatic carbocycles. The minimum Gasteiger partial charge on any atom is -0.293 e. The van der Waals surface area contributed by atoms with E-state index in [0.29, 0.717) is 5.95 Å². The third kappa shape index (κ3) is 2.50. The van der Waals surface area contributed by atoms with E-state index in [9.17, 15) is 4.79 Å². The number of amides is 1. The van der Waals surface area contributed by atoms with E-state index in [1.54, 1.807) is 0 Å². The molecule has 0 spiro atoms. The Labute approximate surface area is 76.1 Å². The van der Waals surface area contributed by atoms with Crippen molar-refractivity contribution in [3.63, 3.8) is 0 Å². The summed E-state index contributed by atoms with van der Waals surface area (Å²) in [6.07, 6.45) is 1.65. The molecule has 6 heteroatoms. The molecule has 0 saturated carbocycles. The zero-order chi connectivity index (χ0) is 9.68. The van der Waals surface area contributed by atoms with Crippen molar-refractivity contribution in [2.24, 2.45) is 5.92 Å². The first kappa shape index (κ1) is 9.63. The first-order valence-corrected chi connectivity index (χ1v) is 4.32. The van der Waals surface area contributed by atoms with Crippen LogP contribution < -0.4 is 5.32 Å². The van der Waals surface area contributed by atoms with Crippen LogP contribution in [-0.2, 0) is 4.79 Å². The Bertz CT molecular complexity index is 254. The van der Waals surface area contributed by atoms with E-state index in [4.69, 9.17) is 0 Å². The number of nitrogens with one attached hydrogen (secondary N) is 2. The van der Waals surface area contributed by atoms with Gasteiger partial charge in [0, 0.05) is 5.92 Å². The van der Waals surface area contributed by atoms with Crippen LogP contribution in [0.15, 0.2) is 0 Å². The Balaban J connectivity index is 2.49. The molecule has 0 radical (unpaired) electrons. The van der Waals surface area contributed by atoms with Crippen molar-refractivity contribution in [3.05, 3.63) is 0 Å². The number of aromatic amines is 1. The van der Waals surface area contributed by atoms with Crippen molar-refractivity contribution in [2.45, 2.75) is 26.7 Å². The highest BCUT2D eigenvalue weighted by atomic mass is 16.2. The standard InChI is InChI=1S/C7H13N5O/c1-3-5(4-2)6(13)8-7-9-11-12-10-7/h5H,3-4H2,1-2H3,(H2,8,9,10,11,12,13). The Kier molecular flexibility index (Phi) is 3.36. The van der Waals surface area contributed by atoms with Crippen LogP contribution in [0.1, 0.15) is 26.7 Å². The molecule has 1 aromatic heterocycles.